The molecule has 102 valence electrons. The first-order valence-corrected chi connectivity index (χ1v) is 5.56. The van der Waals surface area contributed by atoms with Crippen molar-refractivity contribution < 1.29 is 4.92 Å². The largest absolute Gasteiger partial charge is 0.353 e. The summed E-state index contributed by atoms with van der Waals surface area (Å²) < 4.78 is 0. The molecule has 1 heterocycles. The van der Waals surface area contributed by atoms with Gasteiger partial charge in [-0.2, -0.15) is 5.10 Å². The minimum absolute atomic E-state index is 0. The van der Waals surface area contributed by atoms with Crippen LogP contribution >= 0.6 is 24.0 Å². The van der Waals surface area contributed by atoms with Gasteiger partial charge in [-0.25, -0.2) is 10.4 Å². The molecule has 0 unspecified atom stereocenters. The van der Waals surface area contributed by atoms with Crippen LogP contribution in [0.5, 0.6) is 0 Å². The molecule has 0 bridgehead atoms. The van der Waals surface area contributed by atoms with E-state index >= 15 is 0 Å². The molecule has 1 aliphatic rings. The molecule has 0 saturated carbocycles. The standard InChI is InChI=1S/C10H10ClN5O2.ClH/c11-8-2-1-3-9(16(17)18)7(8)6-14-15-10-12-4-5-13-10;/h1-3,6H,4-5H2,(H2,12,13,15);1H. The number of nitrogens with zero attached hydrogens (tertiary/aromatic N) is 3. The van der Waals surface area contributed by atoms with Gasteiger partial charge in [0.1, 0.15) is 0 Å². The van der Waals surface area contributed by atoms with Crippen LogP contribution in [0.1, 0.15) is 5.56 Å². The lowest BCUT2D eigenvalue weighted by molar-refractivity contribution is -0.385. The first-order chi connectivity index (χ1) is 8.68. The van der Waals surface area contributed by atoms with Gasteiger partial charge in [0.05, 0.1) is 28.3 Å². The monoisotopic (exact) mass is 303 g/mol. The molecule has 0 aliphatic carbocycles. The Morgan fingerprint density at radius 3 is 3.00 bits per heavy atom. The molecule has 1 aliphatic heterocycles. The Labute approximate surface area is 120 Å². The van der Waals surface area contributed by atoms with Gasteiger partial charge in [-0.15, -0.1) is 12.4 Å². The first-order valence-electron chi connectivity index (χ1n) is 5.19. The molecule has 1 aromatic carbocycles. The van der Waals surface area contributed by atoms with Crippen molar-refractivity contribution in [1.82, 2.24) is 10.7 Å². The maximum absolute atomic E-state index is 10.8. The van der Waals surface area contributed by atoms with E-state index in [0.717, 1.165) is 6.54 Å². The van der Waals surface area contributed by atoms with Crippen molar-refractivity contribution in [3.05, 3.63) is 38.9 Å². The van der Waals surface area contributed by atoms with E-state index in [-0.39, 0.29) is 28.7 Å². The van der Waals surface area contributed by atoms with Gasteiger partial charge in [-0.05, 0) is 6.07 Å². The summed E-state index contributed by atoms with van der Waals surface area (Å²) in [5.41, 5.74) is 2.82. The molecule has 2 N–H and O–H groups in total. The number of nitrogens with one attached hydrogen (secondary N) is 2. The SMILES string of the molecule is Cl.O=[N+]([O-])c1cccc(Cl)c1C=NNC1=NCCN1. The van der Waals surface area contributed by atoms with E-state index in [2.05, 4.69) is 20.8 Å². The molecule has 0 fully saturated rings. The number of nitro groups is 1. The van der Waals surface area contributed by atoms with E-state index in [9.17, 15) is 10.1 Å². The van der Waals surface area contributed by atoms with Crippen LogP contribution in [0.2, 0.25) is 5.02 Å². The van der Waals surface area contributed by atoms with E-state index in [1.54, 1.807) is 6.07 Å². The van der Waals surface area contributed by atoms with Crippen molar-refractivity contribution in [2.75, 3.05) is 13.1 Å². The molecule has 0 saturated heterocycles. The minimum Gasteiger partial charge on any atom is -0.353 e. The second kappa shape index (κ2) is 6.91. The lowest BCUT2D eigenvalue weighted by atomic mass is 10.2. The van der Waals surface area contributed by atoms with Gasteiger partial charge in [-0.1, -0.05) is 17.7 Å². The summed E-state index contributed by atoms with van der Waals surface area (Å²) in [6.45, 7) is 1.44. The van der Waals surface area contributed by atoms with Gasteiger partial charge < -0.3 is 5.32 Å². The molecular weight excluding hydrogens is 293 g/mol. The number of hydrogen-bond donors (Lipinski definition) is 2. The zero-order valence-corrected chi connectivity index (χ0v) is 11.2. The second-order valence-electron chi connectivity index (χ2n) is 3.46. The number of benzene rings is 1. The van der Waals surface area contributed by atoms with Crippen LogP contribution in [-0.4, -0.2) is 30.2 Å². The topological polar surface area (TPSA) is 91.9 Å². The normalized spacial score (nSPS) is 13.6. The van der Waals surface area contributed by atoms with Crippen LogP contribution in [0.25, 0.3) is 0 Å². The van der Waals surface area contributed by atoms with Gasteiger partial charge >= 0.3 is 0 Å². The Morgan fingerprint density at radius 2 is 2.37 bits per heavy atom. The average Bonchev–Trinajstić information content (AvgIpc) is 2.84. The van der Waals surface area contributed by atoms with Crippen molar-refractivity contribution in [3.63, 3.8) is 0 Å². The highest BCUT2D eigenvalue weighted by Gasteiger charge is 2.14. The number of nitro benzene ring substituents is 1. The molecule has 9 heteroatoms. The predicted octanol–water partition coefficient (Wildman–Crippen LogP) is 1.55. The maximum atomic E-state index is 10.8. The van der Waals surface area contributed by atoms with Crippen LogP contribution in [0.3, 0.4) is 0 Å². The lowest BCUT2D eigenvalue weighted by Crippen LogP contribution is -2.30. The summed E-state index contributed by atoms with van der Waals surface area (Å²) in [6.07, 6.45) is 1.31. The molecule has 0 atom stereocenters. The fourth-order valence-corrected chi connectivity index (χ4v) is 1.66. The smallest absolute Gasteiger partial charge is 0.279 e. The molecular formula is C10H11Cl2N5O2. The van der Waals surface area contributed by atoms with Crippen LogP contribution in [0, 0.1) is 10.1 Å². The number of halogens is 2. The number of hydrazone groups is 1. The molecule has 0 spiro atoms. The summed E-state index contributed by atoms with van der Waals surface area (Å²) in [5.74, 6) is 0.543. The number of hydrogen-bond acceptors (Lipinski definition) is 6. The van der Waals surface area contributed by atoms with Gasteiger partial charge in [0.15, 0.2) is 0 Å². The Balaban J connectivity index is 0.00000180. The van der Waals surface area contributed by atoms with Gasteiger partial charge in [0, 0.05) is 12.6 Å². The van der Waals surface area contributed by atoms with Crippen molar-refractivity contribution >= 4 is 41.9 Å². The van der Waals surface area contributed by atoms with Gasteiger partial charge in [0.2, 0.25) is 5.96 Å². The van der Waals surface area contributed by atoms with E-state index in [1.165, 1.54) is 18.3 Å². The second-order valence-corrected chi connectivity index (χ2v) is 3.86. The van der Waals surface area contributed by atoms with Crippen molar-refractivity contribution in [2.45, 2.75) is 0 Å². The van der Waals surface area contributed by atoms with Crippen LogP contribution in [0.4, 0.5) is 5.69 Å². The van der Waals surface area contributed by atoms with Crippen molar-refractivity contribution in [1.29, 1.82) is 0 Å². The Bertz CT molecular complexity index is 533. The molecule has 7 nitrogen and oxygen atoms in total. The molecule has 0 aromatic heterocycles. The number of rotatable bonds is 3. The minimum atomic E-state index is -0.501. The quantitative estimate of drug-likeness (QED) is 0.503. The summed E-state index contributed by atoms with van der Waals surface area (Å²) in [7, 11) is 0. The van der Waals surface area contributed by atoms with Crippen LogP contribution in [-0.2, 0) is 0 Å². The van der Waals surface area contributed by atoms with Crippen molar-refractivity contribution in [2.24, 2.45) is 10.1 Å². The first kappa shape index (κ1) is 15.2. The summed E-state index contributed by atoms with van der Waals surface area (Å²) in [5, 5.41) is 17.9. The summed E-state index contributed by atoms with van der Waals surface area (Å²) in [6, 6.07) is 4.47. The van der Waals surface area contributed by atoms with E-state index in [0.29, 0.717) is 12.5 Å². The molecule has 1 aromatic rings. The number of guanidine groups is 1. The third-order valence-corrected chi connectivity index (χ3v) is 2.59. The predicted molar refractivity (Wildman–Crippen MR) is 76.4 cm³/mol. The molecule has 2 rings (SSSR count). The van der Waals surface area contributed by atoms with Gasteiger partial charge in [-0.3, -0.25) is 10.1 Å². The Kier molecular flexibility index (Phi) is 5.53. The lowest BCUT2D eigenvalue weighted by Gasteiger charge is -2.01. The fraction of sp³-hybridized carbons (Fsp3) is 0.200. The number of aliphatic imine (C=N–C) groups is 1. The zero-order chi connectivity index (χ0) is 13.0. The molecule has 0 radical (unpaired) electrons. The van der Waals surface area contributed by atoms with Gasteiger partial charge in [0.25, 0.3) is 5.69 Å². The summed E-state index contributed by atoms with van der Waals surface area (Å²) in [4.78, 5) is 14.4. The maximum Gasteiger partial charge on any atom is 0.279 e. The zero-order valence-electron chi connectivity index (χ0n) is 9.67. The van der Waals surface area contributed by atoms with E-state index < -0.39 is 4.92 Å². The van der Waals surface area contributed by atoms with Crippen LogP contribution < -0.4 is 10.7 Å². The van der Waals surface area contributed by atoms with Crippen LogP contribution in [0.15, 0.2) is 28.3 Å². The Hall–Kier alpha value is -1.86. The Morgan fingerprint density at radius 1 is 1.58 bits per heavy atom. The third kappa shape index (κ3) is 3.80. The van der Waals surface area contributed by atoms with Crippen molar-refractivity contribution in [3.8, 4) is 0 Å². The third-order valence-electron chi connectivity index (χ3n) is 2.26. The molecule has 19 heavy (non-hydrogen) atoms. The highest BCUT2D eigenvalue weighted by atomic mass is 35.5. The average molecular weight is 304 g/mol. The van der Waals surface area contributed by atoms with E-state index in [1.807, 2.05) is 0 Å². The highest BCUT2D eigenvalue weighted by Crippen LogP contribution is 2.24. The van der Waals surface area contributed by atoms with E-state index in [4.69, 9.17) is 11.6 Å². The molecule has 0 amide bonds. The summed E-state index contributed by atoms with van der Waals surface area (Å²) >= 11 is 5.90. The fourth-order valence-electron chi connectivity index (χ4n) is 1.44. The highest BCUT2D eigenvalue weighted by molar-refractivity contribution is 6.33.